The van der Waals surface area contributed by atoms with E-state index in [9.17, 15) is 4.79 Å². The summed E-state index contributed by atoms with van der Waals surface area (Å²) < 4.78 is 0. The Bertz CT molecular complexity index is 469. The Morgan fingerprint density at radius 2 is 2.11 bits per heavy atom. The Balaban J connectivity index is 1.78. The van der Waals surface area contributed by atoms with E-state index in [1.54, 1.807) is 0 Å². The molecule has 1 saturated heterocycles. The van der Waals surface area contributed by atoms with Gasteiger partial charge in [-0.15, -0.1) is 0 Å². The maximum atomic E-state index is 12.1. The number of amides is 1. The number of nitrogens with one attached hydrogen (secondary N) is 1. The van der Waals surface area contributed by atoms with Crippen LogP contribution in [-0.2, 0) is 11.2 Å². The van der Waals surface area contributed by atoms with Crippen LogP contribution >= 0.6 is 11.6 Å². The van der Waals surface area contributed by atoms with E-state index in [1.807, 2.05) is 23.1 Å². The lowest BCUT2D eigenvalue weighted by molar-refractivity contribution is -0.117. The number of halogens is 1. The Morgan fingerprint density at radius 3 is 2.89 bits per heavy atom. The molecule has 0 aromatic heterocycles. The number of hydrogen-bond acceptors (Lipinski definition) is 2. The Hall–Kier alpha value is -1.06. The summed E-state index contributed by atoms with van der Waals surface area (Å²) in [6.07, 6.45) is 2.82. The third-order valence-corrected chi connectivity index (χ3v) is 4.11. The fourth-order valence-electron chi connectivity index (χ4n) is 2.87. The lowest BCUT2D eigenvalue weighted by atomic mass is 9.97. The van der Waals surface area contributed by atoms with Crippen LogP contribution < -0.4 is 10.2 Å². The second kappa shape index (κ2) is 4.90. The number of anilines is 1. The topological polar surface area (TPSA) is 32.3 Å². The molecule has 1 amide bonds. The number of nitrogens with zero attached hydrogens (tertiary/aromatic N) is 1. The van der Waals surface area contributed by atoms with Crippen LogP contribution in [-0.4, -0.2) is 25.5 Å². The SMILES string of the molecule is O=C1Cc2cc(Cl)ccc2N1CC1CCNCC1. The monoisotopic (exact) mass is 264 g/mol. The molecule has 2 aliphatic rings. The Labute approximate surface area is 112 Å². The zero-order valence-electron chi connectivity index (χ0n) is 10.3. The number of benzene rings is 1. The van der Waals surface area contributed by atoms with Crippen molar-refractivity contribution in [3.63, 3.8) is 0 Å². The van der Waals surface area contributed by atoms with E-state index in [0.29, 0.717) is 17.4 Å². The maximum Gasteiger partial charge on any atom is 0.231 e. The highest BCUT2D eigenvalue weighted by Crippen LogP contribution is 2.32. The van der Waals surface area contributed by atoms with E-state index in [-0.39, 0.29) is 5.91 Å². The number of piperidine rings is 1. The minimum Gasteiger partial charge on any atom is -0.317 e. The van der Waals surface area contributed by atoms with Gasteiger partial charge >= 0.3 is 0 Å². The molecule has 0 radical (unpaired) electrons. The first kappa shape index (κ1) is 12.0. The number of fused-ring (bicyclic) bond motifs is 1. The zero-order chi connectivity index (χ0) is 12.5. The van der Waals surface area contributed by atoms with Gasteiger partial charge in [-0.1, -0.05) is 11.6 Å². The summed E-state index contributed by atoms with van der Waals surface area (Å²) in [5.41, 5.74) is 2.13. The number of carbonyl (C=O) groups is 1. The van der Waals surface area contributed by atoms with Crippen molar-refractivity contribution in [3.05, 3.63) is 28.8 Å². The van der Waals surface area contributed by atoms with Crippen LogP contribution in [0.5, 0.6) is 0 Å². The van der Waals surface area contributed by atoms with Crippen molar-refractivity contribution < 1.29 is 4.79 Å². The standard InChI is InChI=1S/C14H17ClN2O/c15-12-1-2-13-11(7-12)8-14(18)17(13)9-10-3-5-16-6-4-10/h1-2,7,10,16H,3-6,8-9H2. The van der Waals surface area contributed by atoms with Crippen molar-refractivity contribution in [2.24, 2.45) is 5.92 Å². The van der Waals surface area contributed by atoms with Crippen LogP contribution in [0.2, 0.25) is 5.02 Å². The first-order chi connectivity index (χ1) is 8.74. The van der Waals surface area contributed by atoms with Crippen molar-refractivity contribution >= 4 is 23.2 Å². The van der Waals surface area contributed by atoms with Gasteiger partial charge in [0.25, 0.3) is 0 Å². The van der Waals surface area contributed by atoms with Crippen molar-refractivity contribution in [1.82, 2.24) is 5.32 Å². The van der Waals surface area contributed by atoms with Gasteiger partial charge in [0.1, 0.15) is 0 Å². The molecule has 1 aromatic carbocycles. The van der Waals surface area contributed by atoms with E-state index in [4.69, 9.17) is 11.6 Å². The summed E-state index contributed by atoms with van der Waals surface area (Å²) in [4.78, 5) is 14.0. The molecule has 0 unspecified atom stereocenters. The van der Waals surface area contributed by atoms with Gasteiger partial charge in [0.15, 0.2) is 0 Å². The van der Waals surface area contributed by atoms with Gasteiger partial charge in [-0.25, -0.2) is 0 Å². The quantitative estimate of drug-likeness (QED) is 0.889. The third-order valence-electron chi connectivity index (χ3n) is 3.87. The summed E-state index contributed by atoms with van der Waals surface area (Å²) in [7, 11) is 0. The smallest absolute Gasteiger partial charge is 0.231 e. The molecule has 3 nitrogen and oxygen atoms in total. The molecule has 0 atom stereocenters. The van der Waals surface area contributed by atoms with Crippen LogP contribution in [0.25, 0.3) is 0 Å². The average Bonchev–Trinajstić information content (AvgIpc) is 2.66. The fourth-order valence-corrected chi connectivity index (χ4v) is 3.07. The van der Waals surface area contributed by atoms with E-state index in [2.05, 4.69) is 5.32 Å². The van der Waals surface area contributed by atoms with Crippen LogP contribution in [0.15, 0.2) is 18.2 Å². The predicted octanol–water partition coefficient (Wildman–Crippen LogP) is 2.23. The first-order valence-electron chi connectivity index (χ1n) is 6.53. The van der Waals surface area contributed by atoms with E-state index in [1.165, 1.54) is 0 Å². The first-order valence-corrected chi connectivity index (χ1v) is 6.91. The molecule has 3 rings (SSSR count). The molecule has 1 N–H and O–H groups in total. The minimum absolute atomic E-state index is 0.214. The Morgan fingerprint density at radius 1 is 1.33 bits per heavy atom. The third kappa shape index (κ3) is 2.25. The second-order valence-electron chi connectivity index (χ2n) is 5.15. The van der Waals surface area contributed by atoms with Gasteiger partial charge in [0.2, 0.25) is 5.91 Å². The van der Waals surface area contributed by atoms with E-state index >= 15 is 0 Å². The average molecular weight is 265 g/mol. The molecule has 0 saturated carbocycles. The molecule has 0 aliphatic carbocycles. The molecular weight excluding hydrogens is 248 g/mol. The van der Waals surface area contributed by atoms with Crippen molar-refractivity contribution in [1.29, 1.82) is 0 Å². The van der Waals surface area contributed by atoms with Gasteiger partial charge in [-0.3, -0.25) is 4.79 Å². The largest absolute Gasteiger partial charge is 0.317 e. The molecule has 4 heteroatoms. The minimum atomic E-state index is 0.214. The van der Waals surface area contributed by atoms with Crippen molar-refractivity contribution in [2.75, 3.05) is 24.5 Å². The highest BCUT2D eigenvalue weighted by Gasteiger charge is 2.29. The summed E-state index contributed by atoms with van der Waals surface area (Å²) in [5, 5.41) is 4.07. The normalized spacial score (nSPS) is 20.3. The van der Waals surface area contributed by atoms with E-state index in [0.717, 1.165) is 43.7 Å². The molecule has 2 aliphatic heterocycles. The highest BCUT2D eigenvalue weighted by atomic mass is 35.5. The number of carbonyl (C=O) groups excluding carboxylic acids is 1. The molecule has 0 spiro atoms. The lowest BCUT2D eigenvalue weighted by Gasteiger charge is -2.27. The van der Waals surface area contributed by atoms with Crippen molar-refractivity contribution in [3.8, 4) is 0 Å². The van der Waals surface area contributed by atoms with Gasteiger partial charge in [0.05, 0.1) is 6.42 Å². The lowest BCUT2D eigenvalue weighted by Crippen LogP contribution is -2.37. The molecule has 96 valence electrons. The molecule has 18 heavy (non-hydrogen) atoms. The summed E-state index contributed by atoms with van der Waals surface area (Å²) >= 11 is 5.97. The molecule has 1 fully saturated rings. The number of hydrogen-bond donors (Lipinski definition) is 1. The second-order valence-corrected chi connectivity index (χ2v) is 5.58. The van der Waals surface area contributed by atoms with Gasteiger partial charge in [-0.05, 0) is 55.6 Å². The van der Waals surface area contributed by atoms with Gasteiger partial charge in [-0.2, -0.15) is 0 Å². The van der Waals surface area contributed by atoms with Crippen LogP contribution in [0, 0.1) is 5.92 Å². The molecule has 0 bridgehead atoms. The Kier molecular flexibility index (Phi) is 3.27. The maximum absolute atomic E-state index is 12.1. The number of rotatable bonds is 2. The molecular formula is C14H17ClN2O. The van der Waals surface area contributed by atoms with Crippen LogP contribution in [0.1, 0.15) is 18.4 Å². The summed E-state index contributed by atoms with van der Waals surface area (Å²) in [5.74, 6) is 0.836. The van der Waals surface area contributed by atoms with Crippen LogP contribution in [0.3, 0.4) is 0 Å². The van der Waals surface area contributed by atoms with Crippen LogP contribution in [0.4, 0.5) is 5.69 Å². The highest BCUT2D eigenvalue weighted by molar-refractivity contribution is 6.30. The van der Waals surface area contributed by atoms with Crippen molar-refractivity contribution in [2.45, 2.75) is 19.3 Å². The zero-order valence-corrected chi connectivity index (χ0v) is 11.0. The predicted molar refractivity (Wildman–Crippen MR) is 73.1 cm³/mol. The summed E-state index contributed by atoms with van der Waals surface area (Å²) in [6, 6.07) is 5.76. The van der Waals surface area contributed by atoms with Gasteiger partial charge < -0.3 is 10.2 Å². The molecule has 1 aromatic rings. The summed E-state index contributed by atoms with van der Waals surface area (Å²) in [6.45, 7) is 3.00. The van der Waals surface area contributed by atoms with Gasteiger partial charge in [0, 0.05) is 17.3 Å². The fraction of sp³-hybridized carbons (Fsp3) is 0.500. The molecule has 2 heterocycles. The van der Waals surface area contributed by atoms with E-state index < -0.39 is 0 Å².